The summed E-state index contributed by atoms with van der Waals surface area (Å²) in [5, 5.41) is 4.19. The van der Waals surface area contributed by atoms with Gasteiger partial charge in [-0.25, -0.2) is 0 Å². The number of nitrogens with two attached hydrogens (primary N) is 1. The Bertz CT molecular complexity index is 339. The van der Waals surface area contributed by atoms with Crippen LogP contribution >= 0.6 is 11.3 Å². The lowest BCUT2D eigenvalue weighted by Gasteiger charge is -2.25. The lowest BCUT2D eigenvalue weighted by molar-refractivity contribution is -0.128. The Morgan fingerprint density at radius 1 is 1.44 bits per heavy atom. The first-order valence-corrected chi connectivity index (χ1v) is 6.96. The lowest BCUT2D eigenvalue weighted by Crippen LogP contribution is -2.36. The number of carbonyl (C=O) groups is 1. The van der Waals surface area contributed by atoms with Gasteiger partial charge in [0, 0.05) is 18.4 Å². The zero-order valence-electron chi connectivity index (χ0n) is 9.58. The van der Waals surface area contributed by atoms with Crippen LogP contribution in [0.3, 0.4) is 0 Å². The van der Waals surface area contributed by atoms with Crippen LogP contribution < -0.4 is 5.73 Å². The van der Waals surface area contributed by atoms with E-state index >= 15 is 0 Å². The van der Waals surface area contributed by atoms with Crippen molar-refractivity contribution in [2.45, 2.75) is 38.5 Å². The van der Waals surface area contributed by atoms with E-state index in [4.69, 9.17) is 5.73 Å². The summed E-state index contributed by atoms with van der Waals surface area (Å²) >= 11 is 1.69. The van der Waals surface area contributed by atoms with Crippen LogP contribution in [0, 0.1) is 5.41 Å². The fraction of sp³-hybridized carbons (Fsp3) is 0.615. The number of carbonyl (C=O) groups excluding carboxylic acids is 1. The van der Waals surface area contributed by atoms with E-state index in [1.165, 1.54) is 18.4 Å². The lowest BCUT2D eigenvalue weighted by atomic mass is 9.79. The summed E-state index contributed by atoms with van der Waals surface area (Å²) in [6.07, 6.45) is 5.89. The standard InChI is InChI=1S/C13H19NOS/c14-10-13(6-1-2-7-13)12(15)4-3-11-5-8-16-9-11/h5,8-9H,1-4,6-7,10,14H2. The van der Waals surface area contributed by atoms with Gasteiger partial charge in [-0.1, -0.05) is 12.8 Å². The van der Waals surface area contributed by atoms with E-state index in [0.29, 0.717) is 18.7 Å². The normalized spacial score (nSPS) is 18.8. The molecule has 1 saturated carbocycles. The predicted octanol–water partition coefficient (Wildman–Crippen LogP) is 2.77. The Balaban J connectivity index is 1.91. The van der Waals surface area contributed by atoms with Crippen molar-refractivity contribution in [1.82, 2.24) is 0 Å². The summed E-state index contributed by atoms with van der Waals surface area (Å²) in [6.45, 7) is 0.537. The van der Waals surface area contributed by atoms with Crippen molar-refractivity contribution in [2.24, 2.45) is 11.1 Å². The average Bonchev–Trinajstić information content (AvgIpc) is 2.97. The third kappa shape index (κ3) is 2.36. The van der Waals surface area contributed by atoms with Gasteiger partial charge in [0.15, 0.2) is 0 Å². The monoisotopic (exact) mass is 237 g/mol. The molecule has 1 aromatic heterocycles. The molecule has 1 heterocycles. The highest BCUT2D eigenvalue weighted by molar-refractivity contribution is 7.07. The molecule has 0 aliphatic heterocycles. The number of thiophene rings is 1. The van der Waals surface area contributed by atoms with Gasteiger partial charge in [-0.15, -0.1) is 0 Å². The maximum atomic E-state index is 12.2. The third-order valence-electron chi connectivity index (χ3n) is 3.76. The summed E-state index contributed by atoms with van der Waals surface area (Å²) in [7, 11) is 0. The van der Waals surface area contributed by atoms with Crippen LogP contribution in [0.5, 0.6) is 0 Å². The molecular formula is C13H19NOS. The van der Waals surface area contributed by atoms with E-state index in [1.54, 1.807) is 11.3 Å². The van der Waals surface area contributed by atoms with Gasteiger partial charge in [0.05, 0.1) is 0 Å². The largest absolute Gasteiger partial charge is 0.329 e. The number of ketones is 1. The Morgan fingerprint density at radius 2 is 2.19 bits per heavy atom. The SMILES string of the molecule is NCC1(C(=O)CCc2ccsc2)CCCC1. The van der Waals surface area contributed by atoms with E-state index < -0.39 is 0 Å². The van der Waals surface area contributed by atoms with Crippen molar-refractivity contribution in [3.05, 3.63) is 22.4 Å². The molecule has 2 nitrogen and oxygen atoms in total. The summed E-state index contributed by atoms with van der Waals surface area (Å²) < 4.78 is 0. The Labute approximate surface area is 101 Å². The first-order chi connectivity index (χ1) is 7.77. The van der Waals surface area contributed by atoms with Crippen molar-refractivity contribution in [3.63, 3.8) is 0 Å². The molecule has 0 atom stereocenters. The predicted molar refractivity (Wildman–Crippen MR) is 67.6 cm³/mol. The van der Waals surface area contributed by atoms with Crippen molar-refractivity contribution in [1.29, 1.82) is 0 Å². The summed E-state index contributed by atoms with van der Waals surface area (Å²) in [5.74, 6) is 0.388. The van der Waals surface area contributed by atoms with Crippen molar-refractivity contribution < 1.29 is 4.79 Å². The van der Waals surface area contributed by atoms with E-state index in [1.807, 2.05) is 0 Å². The second-order valence-electron chi connectivity index (χ2n) is 4.75. The van der Waals surface area contributed by atoms with Crippen LogP contribution in [-0.4, -0.2) is 12.3 Å². The van der Waals surface area contributed by atoms with Crippen LogP contribution in [-0.2, 0) is 11.2 Å². The van der Waals surface area contributed by atoms with Crippen LogP contribution in [0.25, 0.3) is 0 Å². The first-order valence-electron chi connectivity index (χ1n) is 6.01. The molecule has 0 saturated heterocycles. The molecule has 88 valence electrons. The van der Waals surface area contributed by atoms with Crippen LogP contribution in [0.15, 0.2) is 16.8 Å². The van der Waals surface area contributed by atoms with E-state index in [9.17, 15) is 4.79 Å². The topological polar surface area (TPSA) is 43.1 Å². The van der Waals surface area contributed by atoms with Crippen LogP contribution in [0.4, 0.5) is 0 Å². The Hall–Kier alpha value is -0.670. The molecule has 1 aliphatic carbocycles. The van der Waals surface area contributed by atoms with Crippen molar-refractivity contribution in [2.75, 3.05) is 6.54 Å². The zero-order valence-corrected chi connectivity index (χ0v) is 10.4. The molecule has 0 amide bonds. The molecule has 0 aromatic carbocycles. The Kier molecular flexibility index (Phi) is 3.77. The molecule has 2 rings (SSSR count). The van der Waals surface area contributed by atoms with E-state index in [-0.39, 0.29) is 5.41 Å². The zero-order chi connectivity index (χ0) is 11.4. The highest BCUT2D eigenvalue weighted by atomic mass is 32.1. The number of hydrogen-bond acceptors (Lipinski definition) is 3. The fourth-order valence-electron chi connectivity index (χ4n) is 2.61. The number of rotatable bonds is 5. The number of Topliss-reactive ketones (excluding diaryl/α,β-unsaturated/α-hetero) is 1. The van der Waals surface area contributed by atoms with Gasteiger partial charge in [-0.05, 0) is 41.7 Å². The van der Waals surface area contributed by atoms with Gasteiger partial charge in [0.25, 0.3) is 0 Å². The highest BCUT2D eigenvalue weighted by Gasteiger charge is 2.38. The molecule has 0 radical (unpaired) electrons. The summed E-state index contributed by atoms with van der Waals surface area (Å²) in [4.78, 5) is 12.2. The molecule has 1 aromatic rings. The van der Waals surface area contributed by atoms with Crippen molar-refractivity contribution >= 4 is 17.1 Å². The summed E-state index contributed by atoms with van der Waals surface area (Å²) in [5.41, 5.74) is 6.91. The van der Waals surface area contributed by atoms with E-state index in [2.05, 4.69) is 16.8 Å². The molecule has 1 aliphatic rings. The molecule has 16 heavy (non-hydrogen) atoms. The number of aryl methyl sites for hydroxylation is 1. The Morgan fingerprint density at radius 3 is 2.75 bits per heavy atom. The first kappa shape index (κ1) is 11.8. The molecule has 3 heteroatoms. The fourth-order valence-corrected chi connectivity index (χ4v) is 3.31. The van der Waals surface area contributed by atoms with Gasteiger partial charge in [-0.2, -0.15) is 11.3 Å². The minimum Gasteiger partial charge on any atom is -0.329 e. The number of hydrogen-bond donors (Lipinski definition) is 1. The quantitative estimate of drug-likeness (QED) is 0.855. The second-order valence-corrected chi connectivity index (χ2v) is 5.53. The van der Waals surface area contributed by atoms with Gasteiger partial charge >= 0.3 is 0 Å². The van der Waals surface area contributed by atoms with E-state index in [0.717, 1.165) is 19.3 Å². The molecule has 2 N–H and O–H groups in total. The van der Waals surface area contributed by atoms with Crippen molar-refractivity contribution in [3.8, 4) is 0 Å². The molecule has 0 spiro atoms. The smallest absolute Gasteiger partial charge is 0.140 e. The van der Waals surface area contributed by atoms with Crippen LogP contribution in [0.2, 0.25) is 0 Å². The maximum absolute atomic E-state index is 12.2. The molecule has 0 unspecified atom stereocenters. The van der Waals surface area contributed by atoms with Gasteiger partial charge < -0.3 is 5.73 Å². The maximum Gasteiger partial charge on any atom is 0.140 e. The minimum absolute atomic E-state index is 0.171. The molecular weight excluding hydrogens is 218 g/mol. The second kappa shape index (κ2) is 5.11. The molecule has 0 bridgehead atoms. The molecule has 1 fully saturated rings. The highest BCUT2D eigenvalue weighted by Crippen LogP contribution is 2.39. The van der Waals surface area contributed by atoms with Gasteiger partial charge in [-0.3, -0.25) is 4.79 Å². The third-order valence-corrected chi connectivity index (χ3v) is 4.50. The average molecular weight is 237 g/mol. The summed E-state index contributed by atoms with van der Waals surface area (Å²) in [6, 6.07) is 2.10. The van der Waals surface area contributed by atoms with Crippen LogP contribution in [0.1, 0.15) is 37.7 Å². The minimum atomic E-state index is -0.171. The van der Waals surface area contributed by atoms with Gasteiger partial charge in [0.2, 0.25) is 0 Å². The van der Waals surface area contributed by atoms with Gasteiger partial charge in [0.1, 0.15) is 5.78 Å².